The highest BCUT2D eigenvalue weighted by atomic mass is 127. The van der Waals surface area contributed by atoms with Gasteiger partial charge in [-0.05, 0) is 26.3 Å². The summed E-state index contributed by atoms with van der Waals surface area (Å²) in [5.41, 5.74) is 1.36. The van der Waals surface area contributed by atoms with Crippen LogP contribution >= 0.6 is 24.0 Å². The van der Waals surface area contributed by atoms with E-state index in [0.29, 0.717) is 24.9 Å². The average Bonchev–Trinajstić information content (AvgIpc) is 3.22. The van der Waals surface area contributed by atoms with E-state index in [2.05, 4.69) is 62.5 Å². The summed E-state index contributed by atoms with van der Waals surface area (Å²) < 4.78 is 10.8. The molecule has 1 fully saturated rings. The Hall–Kier alpha value is -1.72. The van der Waals surface area contributed by atoms with Gasteiger partial charge in [-0.2, -0.15) is 4.98 Å². The van der Waals surface area contributed by atoms with Gasteiger partial charge in [-0.1, -0.05) is 35.5 Å². The number of ether oxygens (including phenoxy) is 1. The monoisotopic (exact) mass is 528 g/mol. The minimum absolute atomic E-state index is 0. The van der Waals surface area contributed by atoms with E-state index in [1.165, 1.54) is 5.56 Å². The molecule has 1 atom stereocenters. The van der Waals surface area contributed by atoms with E-state index in [-0.39, 0.29) is 30.1 Å². The molecule has 0 amide bonds. The van der Waals surface area contributed by atoms with Crippen molar-refractivity contribution in [2.45, 2.75) is 40.0 Å². The number of hydrogen-bond acceptors (Lipinski definition) is 6. The molecule has 1 aromatic heterocycles. The van der Waals surface area contributed by atoms with Gasteiger partial charge in [0.2, 0.25) is 5.89 Å². The maximum Gasteiger partial charge on any atom is 0.248 e. The Morgan fingerprint density at radius 3 is 2.60 bits per heavy atom. The van der Waals surface area contributed by atoms with Crippen molar-refractivity contribution < 1.29 is 9.26 Å². The lowest BCUT2D eigenvalue weighted by molar-refractivity contribution is 0.0683. The van der Waals surface area contributed by atoms with Gasteiger partial charge in [0.1, 0.15) is 12.6 Å². The first-order valence-electron chi connectivity index (χ1n) is 10.4. The van der Waals surface area contributed by atoms with Crippen LogP contribution < -0.4 is 5.32 Å². The predicted octanol–water partition coefficient (Wildman–Crippen LogP) is 3.07. The quantitative estimate of drug-likeness (QED) is 0.321. The Morgan fingerprint density at radius 1 is 1.20 bits per heavy atom. The molecule has 1 unspecified atom stereocenters. The number of nitrogens with zero attached hydrogens (tertiary/aromatic N) is 5. The van der Waals surface area contributed by atoms with Gasteiger partial charge in [-0.15, -0.1) is 24.0 Å². The molecule has 1 saturated heterocycles. The lowest BCUT2D eigenvalue weighted by atomic mass is 10.2. The number of piperazine rings is 1. The van der Waals surface area contributed by atoms with Crippen LogP contribution in [0.15, 0.2) is 39.8 Å². The van der Waals surface area contributed by atoms with Gasteiger partial charge in [0, 0.05) is 45.9 Å². The zero-order valence-electron chi connectivity index (χ0n) is 18.1. The molecule has 2 aromatic rings. The highest BCUT2D eigenvalue weighted by Gasteiger charge is 2.20. The van der Waals surface area contributed by atoms with Crippen molar-refractivity contribution in [2.75, 3.05) is 39.3 Å². The van der Waals surface area contributed by atoms with Gasteiger partial charge in [0.05, 0.1) is 0 Å². The summed E-state index contributed by atoms with van der Waals surface area (Å²) in [6.07, 6.45) is -0.174. The Morgan fingerprint density at radius 2 is 1.93 bits per heavy atom. The minimum Gasteiger partial charge on any atom is -0.371 e. The highest BCUT2D eigenvalue weighted by molar-refractivity contribution is 14.0. The second kappa shape index (κ2) is 12.9. The normalized spacial score (nSPS) is 16.2. The van der Waals surface area contributed by atoms with Crippen LogP contribution in [0.3, 0.4) is 0 Å². The smallest absolute Gasteiger partial charge is 0.248 e. The fourth-order valence-corrected chi connectivity index (χ4v) is 3.35. The lowest BCUT2D eigenvalue weighted by Crippen LogP contribution is -2.52. The summed E-state index contributed by atoms with van der Waals surface area (Å²) in [5, 5.41) is 7.38. The Labute approximate surface area is 196 Å². The summed E-state index contributed by atoms with van der Waals surface area (Å²) in [7, 11) is 0. The van der Waals surface area contributed by atoms with Crippen LogP contribution in [-0.4, -0.2) is 65.2 Å². The fraction of sp³-hybridized carbons (Fsp3) is 0.571. The summed E-state index contributed by atoms with van der Waals surface area (Å²) in [6.45, 7) is 12.6. The van der Waals surface area contributed by atoms with Crippen LogP contribution in [0.2, 0.25) is 0 Å². The molecule has 1 aliphatic heterocycles. The van der Waals surface area contributed by atoms with Crippen molar-refractivity contribution in [3.05, 3.63) is 47.6 Å². The van der Waals surface area contributed by atoms with Crippen LogP contribution in [-0.2, 0) is 17.8 Å². The van der Waals surface area contributed by atoms with Crippen LogP contribution in [0, 0.1) is 0 Å². The number of halogens is 1. The fourth-order valence-electron chi connectivity index (χ4n) is 3.35. The SMILES string of the molecule is CCNC(=NCc1nc(C(C)OCC)no1)N1CCN(Cc2ccccc2)CC1.I. The zero-order chi connectivity index (χ0) is 20.5. The number of aromatic nitrogens is 2. The summed E-state index contributed by atoms with van der Waals surface area (Å²) in [6, 6.07) is 10.6. The number of aliphatic imine (C=N–C) groups is 1. The second-order valence-corrected chi connectivity index (χ2v) is 7.06. The molecule has 8 nitrogen and oxygen atoms in total. The van der Waals surface area contributed by atoms with E-state index in [1.54, 1.807) is 0 Å². The van der Waals surface area contributed by atoms with E-state index >= 15 is 0 Å². The van der Waals surface area contributed by atoms with Crippen LogP contribution in [0.25, 0.3) is 0 Å². The Kier molecular flexibility index (Phi) is 10.5. The van der Waals surface area contributed by atoms with E-state index in [9.17, 15) is 0 Å². The summed E-state index contributed by atoms with van der Waals surface area (Å²) in [5.74, 6) is 1.96. The number of nitrogens with one attached hydrogen (secondary N) is 1. The zero-order valence-corrected chi connectivity index (χ0v) is 20.4. The molecule has 0 spiro atoms. The Balaban J connectivity index is 0.00000320. The van der Waals surface area contributed by atoms with Crippen molar-refractivity contribution in [1.82, 2.24) is 25.3 Å². The van der Waals surface area contributed by atoms with Gasteiger partial charge >= 0.3 is 0 Å². The van der Waals surface area contributed by atoms with Gasteiger partial charge in [0.15, 0.2) is 11.8 Å². The summed E-state index contributed by atoms with van der Waals surface area (Å²) in [4.78, 5) is 13.9. The van der Waals surface area contributed by atoms with Crippen LogP contribution in [0.5, 0.6) is 0 Å². The molecule has 30 heavy (non-hydrogen) atoms. The van der Waals surface area contributed by atoms with E-state index in [4.69, 9.17) is 14.3 Å². The number of rotatable bonds is 8. The third-order valence-corrected chi connectivity index (χ3v) is 4.88. The molecular formula is C21H33IN6O2. The topological polar surface area (TPSA) is 79.0 Å². The number of guanidine groups is 1. The Bertz CT molecular complexity index is 762. The third kappa shape index (κ3) is 7.21. The molecule has 0 aliphatic carbocycles. The molecule has 0 bridgehead atoms. The van der Waals surface area contributed by atoms with E-state index in [0.717, 1.165) is 45.2 Å². The molecular weight excluding hydrogens is 495 g/mol. The first kappa shape index (κ1) is 24.5. The van der Waals surface area contributed by atoms with Crippen molar-refractivity contribution in [2.24, 2.45) is 4.99 Å². The molecule has 1 N–H and O–H groups in total. The first-order chi connectivity index (χ1) is 14.2. The van der Waals surface area contributed by atoms with E-state index < -0.39 is 0 Å². The average molecular weight is 528 g/mol. The van der Waals surface area contributed by atoms with Crippen molar-refractivity contribution in [3.8, 4) is 0 Å². The number of benzene rings is 1. The lowest BCUT2D eigenvalue weighted by Gasteiger charge is -2.36. The van der Waals surface area contributed by atoms with Crippen molar-refractivity contribution >= 4 is 29.9 Å². The largest absolute Gasteiger partial charge is 0.371 e. The maximum absolute atomic E-state index is 5.51. The maximum atomic E-state index is 5.51. The van der Waals surface area contributed by atoms with Crippen LogP contribution in [0.4, 0.5) is 0 Å². The standard InChI is InChI=1S/C21H32N6O2.HI/c1-4-22-21(23-15-19-24-20(25-29-19)17(3)28-5-2)27-13-11-26(12-14-27)16-18-9-7-6-8-10-18;/h6-10,17H,4-5,11-16H2,1-3H3,(H,22,23);1H. The van der Waals surface area contributed by atoms with E-state index in [1.807, 2.05) is 13.8 Å². The molecule has 9 heteroatoms. The van der Waals surface area contributed by atoms with Gasteiger partial charge < -0.3 is 19.5 Å². The van der Waals surface area contributed by atoms with Gasteiger partial charge in [-0.25, -0.2) is 4.99 Å². The second-order valence-electron chi connectivity index (χ2n) is 7.06. The molecule has 0 radical (unpaired) electrons. The van der Waals surface area contributed by atoms with Crippen LogP contribution in [0.1, 0.15) is 44.2 Å². The molecule has 3 rings (SSSR count). The molecule has 1 aromatic carbocycles. The van der Waals surface area contributed by atoms with Gasteiger partial charge in [0.25, 0.3) is 0 Å². The highest BCUT2D eigenvalue weighted by Crippen LogP contribution is 2.13. The molecule has 2 heterocycles. The van der Waals surface area contributed by atoms with Gasteiger partial charge in [-0.3, -0.25) is 4.90 Å². The minimum atomic E-state index is -0.174. The number of hydrogen-bond donors (Lipinski definition) is 1. The molecule has 0 saturated carbocycles. The molecule has 1 aliphatic rings. The van der Waals surface area contributed by atoms with Crippen molar-refractivity contribution in [1.29, 1.82) is 0 Å². The summed E-state index contributed by atoms with van der Waals surface area (Å²) >= 11 is 0. The van der Waals surface area contributed by atoms with Crippen molar-refractivity contribution in [3.63, 3.8) is 0 Å². The third-order valence-electron chi connectivity index (χ3n) is 4.88. The first-order valence-corrected chi connectivity index (χ1v) is 10.4. The predicted molar refractivity (Wildman–Crippen MR) is 128 cm³/mol. The molecule has 166 valence electrons.